The highest BCUT2D eigenvalue weighted by atomic mass is 16.5. The Morgan fingerprint density at radius 1 is 1.00 bits per heavy atom. The van der Waals surface area contributed by atoms with Gasteiger partial charge >= 0.3 is 5.97 Å². The molecule has 1 saturated heterocycles. The summed E-state index contributed by atoms with van der Waals surface area (Å²) in [6.07, 6.45) is 7.86. The van der Waals surface area contributed by atoms with Crippen molar-refractivity contribution >= 4 is 17.6 Å². The van der Waals surface area contributed by atoms with Crippen molar-refractivity contribution < 1.29 is 24.5 Å². The van der Waals surface area contributed by atoms with Gasteiger partial charge in [-0.3, -0.25) is 9.59 Å². The molecule has 0 bridgehead atoms. The van der Waals surface area contributed by atoms with Gasteiger partial charge in [0.1, 0.15) is 11.5 Å². The number of rotatable bonds is 11. The number of aliphatic carboxylic acids is 1. The molecule has 1 aliphatic heterocycles. The second kappa shape index (κ2) is 11.4. The third-order valence-electron chi connectivity index (χ3n) is 8.31. The van der Waals surface area contributed by atoms with Gasteiger partial charge in [0.05, 0.1) is 24.3 Å². The number of carboxylic acid groups (broad SMARTS) is 1. The van der Waals surface area contributed by atoms with Crippen LogP contribution in [0.3, 0.4) is 0 Å². The number of benzene rings is 2. The van der Waals surface area contributed by atoms with Gasteiger partial charge in [0.15, 0.2) is 0 Å². The first-order valence-electron chi connectivity index (χ1n) is 13.8. The van der Waals surface area contributed by atoms with Gasteiger partial charge in [-0.05, 0) is 92.0 Å². The van der Waals surface area contributed by atoms with E-state index in [-0.39, 0.29) is 24.0 Å². The molecule has 0 radical (unpaired) electrons. The standard InChI is InChI=1S/C30H38N2O5/c33-24-9-10-26(30(36)31-18-20-3-1-4-20)28(16-24)32-13-11-21(12-14-32)19-37-25-6-2-5-23(15-25)27(17-29(34)35)22-7-8-22/h2,5-6,9-10,15-16,20-22,27,33H,1,3-4,7-8,11-14,17-19H2,(H,31,36)(H,34,35). The molecule has 7 heteroatoms. The SMILES string of the molecule is O=C(O)CC(c1cccc(OCC2CCN(c3cc(O)ccc3C(=O)NCC3CCC3)CC2)c1)C1CC1. The zero-order valence-corrected chi connectivity index (χ0v) is 21.4. The lowest BCUT2D eigenvalue weighted by atomic mass is 9.85. The average Bonchev–Trinajstić information content (AvgIpc) is 3.71. The van der Waals surface area contributed by atoms with Gasteiger partial charge in [0.25, 0.3) is 5.91 Å². The predicted molar refractivity (Wildman–Crippen MR) is 142 cm³/mol. The molecule has 3 fully saturated rings. The van der Waals surface area contributed by atoms with Gasteiger partial charge in [0, 0.05) is 25.7 Å². The average molecular weight is 507 g/mol. The van der Waals surface area contributed by atoms with Crippen molar-refractivity contribution in [1.82, 2.24) is 5.32 Å². The molecule has 0 spiro atoms. The van der Waals surface area contributed by atoms with Crippen LogP contribution < -0.4 is 15.0 Å². The molecule has 1 heterocycles. The van der Waals surface area contributed by atoms with E-state index in [9.17, 15) is 19.8 Å². The van der Waals surface area contributed by atoms with Crippen molar-refractivity contribution in [2.45, 2.75) is 57.3 Å². The molecule has 5 rings (SSSR count). The first-order chi connectivity index (χ1) is 18.0. The van der Waals surface area contributed by atoms with E-state index in [1.54, 1.807) is 18.2 Å². The molecule has 198 valence electrons. The number of piperidine rings is 1. The highest BCUT2D eigenvalue weighted by Crippen LogP contribution is 2.45. The Morgan fingerprint density at radius 3 is 2.46 bits per heavy atom. The molecule has 1 amide bonds. The van der Waals surface area contributed by atoms with E-state index in [0.29, 0.717) is 29.9 Å². The highest BCUT2D eigenvalue weighted by molar-refractivity contribution is 6.00. The molecule has 3 aliphatic rings. The fourth-order valence-corrected chi connectivity index (χ4v) is 5.64. The van der Waals surface area contributed by atoms with Gasteiger partial charge in [-0.25, -0.2) is 0 Å². The van der Waals surface area contributed by atoms with Gasteiger partial charge < -0.3 is 25.2 Å². The Balaban J connectivity index is 1.15. The first kappa shape index (κ1) is 25.4. The van der Waals surface area contributed by atoms with Crippen LogP contribution in [0, 0.1) is 17.8 Å². The normalized spacial score (nSPS) is 19.2. The maximum absolute atomic E-state index is 12.9. The summed E-state index contributed by atoms with van der Waals surface area (Å²) in [4.78, 5) is 26.4. The third kappa shape index (κ3) is 6.56. The van der Waals surface area contributed by atoms with E-state index in [4.69, 9.17) is 4.74 Å². The van der Waals surface area contributed by atoms with Gasteiger partial charge in [-0.2, -0.15) is 0 Å². The Hall–Kier alpha value is -3.22. The molecular weight excluding hydrogens is 468 g/mol. The largest absolute Gasteiger partial charge is 0.508 e. The number of hydrogen-bond acceptors (Lipinski definition) is 5. The summed E-state index contributed by atoms with van der Waals surface area (Å²) in [7, 11) is 0. The van der Waals surface area contributed by atoms with Crippen LogP contribution in [0.2, 0.25) is 0 Å². The van der Waals surface area contributed by atoms with Crippen molar-refractivity contribution in [2.24, 2.45) is 17.8 Å². The molecule has 2 saturated carbocycles. The lowest BCUT2D eigenvalue weighted by molar-refractivity contribution is -0.137. The molecule has 1 atom stereocenters. The molecule has 2 aromatic rings. The van der Waals surface area contributed by atoms with Gasteiger partial charge in [-0.1, -0.05) is 18.6 Å². The summed E-state index contributed by atoms with van der Waals surface area (Å²) in [5.74, 6) is 1.67. The Labute approximate surface area is 218 Å². The molecule has 1 unspecified atom stereocenters. The minimum atomic E-state index is -0.749. The number of aromatic hydroxyl groups is 1. The molecule has 2 aromatic carbocycles. The number of carboxylic acids is 1. The van der Waals surface area contributed by atoms with Crippen LogP contribution in [-0.2, 0) is 4.79 Å². The van der Waals surface area contributed by atoms with Crippen LogP contribution in [-0.4, -0.2) is 48.3 Å². The Morgan fingerprint density at radius 2 is 1.78 bits per heavy atom. The van der Waals surface area contributed by atoms with Crippen LogP contribution >= 0.6 is 0 Å². The van der Waals surface area contributed by atoms with Crippen molar-refractivity contribution in [3.63, 3.8) is 0 Å². The highest BCUT2D eigenvalue weighted by Gasteiger charge is 2.34. The monoisotopic (exact) mass is 506 g/mol. The summed E-state index contributed by atoms with van der Waals surface area (Å²) < 4.78 is 6.16. The number of nitrogens with one attached hydrogen (secondary N) is 1. The van der Waals surface area contributed by atoms with E-state index in [1.165, 1.54) is 19.3 Å². The number of amides is 1. The van der Waals surface area contributed by atoms with Crippen molar-refractivity contribution in [3.05, 3.63) is 53.6 Å². The van der Waals surface area contributed by atoms with E-state index in [0.717, 1.165) is 62.3 Å². The van der Waals surface area contributed by atoms with Gasteiger partial charge in [-0.15, -0.1) is 0 Å². The Kier molecular flexibility index (Phi) is 7.87. The molecule has 3 N–H and O–H groups in total. The van der Waals surface area contributed by atoms with Gasteiger partial charge in [0.2, 0.25) is 0 Å². The number of nitrogens with zero attached hydrogens (tertiary/aromatic N) is 1. The summed E-state index contributed by atoms with van der Waals surface area (Å²) >= 11 is 0. The topological polar surface area (TPSA) is 99.1 Å². The first-order valence-corrected chi connectivity index (χ1v) is 13.8. The van der Waals surface area contributed by atoms with E-state index < -0.39 is 5.97 Å². The second-order valence-corrected chi connectivity index (χ2v) is 11.1. The number of carbonyl (C=O) groups is 2. The van der Waals surface area contributed by atoms with Crippen LogP contribution in [0.1, 0.15) is 73.2 Å². The number of carbonyl (C=O) groups excluding carboxylic acids is 1. The fraction of sp³-hybridized carbons (Fsp3) is 0.533. The van der Waals surface area contributed by atoms with Crippen LogP contribution in [0.5, 0.6) is 11.5 Å². The van der Waals surface area contributed by atoms with E-state index >= 15 is 0 Å². The number of phenols is 1. The minimum absolute atomic E-state index is 0.0618. The third-order valence-corrected chi connectivity index (χ3v) is 8.31. The summed E-state index contributed by atoms with van der Waals surface area (Å²) in [5, 5.41) is 22.5. The van der Waals surface area contributed by atoms with Crippen LogP contribution in [0.25, 0.3) is 0 Å². The molecule has 2 aliphatic carbocycles. The quantitative estimate of drug-likeness (QED) is 0.388. The maximum atomic E-state index is 12.9. The maximum Gasteiger partial charge on any atom is 0.303 e. The van der Waals surface area contributed by atoms with E-state index in [2.05, 4.69) is 10.2 Å². The molecular formula is C30H38N2O5. The number of anilines is 1. The summed E-state index contributed by atoms with van der Waals surface area (Å²) in [5.41, 5.74) is 2.47. The second-order valence-electron chi connectivity index (χ2n) is 11.1. The zero-order valence-electron chi connectivity index (χ0n) is 21.4. The molecule has 7 nitrogen and oxygen atoms in total. The number of hydrogen-bond donors (Lipinski definition) is 3. The number of phenolic OH excluding ortho intramolecular Hbond substituents is 1. The van der Waals surface area contributed by atoms with Crippen LogP contribution in [0.4, 0.5) is 5.69 Å². The molecule has 37 heavy (non-hydrogen) atoms. The van der Waals surface area contributed by atoms with Crippen molar-refractivity contribution in [2.75, 3.05) is 31.1 Å². The smallest absolute Gasteiger partial charge is 0.303 e. The Bertz CT molecular complexity index is 1100. The number of ether oxygens (including phenoxy) is 1. The lowest BCUT2D eigenvalue weighted by Crippen LogP contribution is -2.38. The van der Waals surface area contributed by atoms with Crippen molar-refractivity contribution in [3.8, 4) is 11.5 Å². The molecule has 0 aromatic heterocycles. The van der Waals surface area contributed by atoms with Crippen LogP contribution in [0.15, 0.2) is 42.5 Å². The van der Waals surface area contributed by atoms with Crippen molar-refractivity contribution in [1.29, 1.82) is 0 Å². The minimum Gasteiger partial charge on any atom is -0.508 e. The fourth-order valence-electron chi connectivity index (χ4n) is 5.64. The lowest BCUT2D eigenvalue weighted by Gasteiger charge is -2.34. The summed E-state index contributed by atoms with van der Waals surface area (Å²) in [6, 6.07) is 13.0. The predicted octanol–water partition coefficient (Wildman–Crippen LogP) is 5.19. The van der Waals surface area contributed by atoms with E-state index in [1.807, 2.05) is 24.3 Å². The zero-order chi connectivity index (χ0) is 25.8. The summed E-state index contributed by atoms with van der Waals surface area (Å²) in [6.45, 7) is 2.92.